The number of aryl methyl sites for hydroxylation is 2. The second-order valence-corrected chi connectivity index (χ2v) is 3.72. The molecule has 1 heterocycles. The second-order valence-electron chi connectivity index (χ2n) is 3.72. The summed E-state index contributed by atoms with van der Waals surface area (Å²) in [6.45, 7) is 4.70. The molecule has 0 unspecified atom stereocenters. The van der Waals surface area contributed by atoms with Crippen LogP contribution < -0.4 is 0 Å². The molecule has 0 saturated carbocycles. The number of hydrogen-bond acceptors (Lipinski definition) is 1. The minimum atomic E-state index is -0.202. The molecule has 0 fully saturated rings. The molecule has 1 aromatic carbocycles. The quantitative estimate of drug-likeness (QED) is 0.735. The monoisotopic (exact) mass is 204 g/mol. The maximum Gasteiger partial charge on any atom is 0.123 e. The summed E-state index contributed by atoms with van der Waals surface area (Å²) in [5.74, 6) is -0.202. The number of nitrogens with zero attached hydrogens (tertiary/aromatic N) is 2. The van der Waals surface area contributed by atoms with Crippen LogP contribution in [-0.4, -0.2) is 9.78 Å². The van der Waals surface area contributed by atoms with Crippen LogP contribution in [0.3, 0.4) is 0 Å². The third kappa shape index (κ3) is 2.24. The Morgan fingerprint density at radius 3 is 2.40 bits per heavy atom. The molecule has 1 aromatic heterocycles. The van der Waals surface area contributed by atoms with Crippen molar-refractivity contribution in [2.45, 2.75) is 20.4 Å². The first-order valence-corrected chi connectivity index (χ1v) is 4.90. The highest BCUT2D eigenvalue weighted by Crippen LogP contribution is 2.07. The summed E-state index contributed by atoms with van der Waals surface area (Å²) < 4.78 is 14.5. The van der Waals surface area contributed by atoms with Gasteiger partial charge in [0.15, 0.2) is 0 Å². The van der Waals surface area contributed by atoms with E-state index in [4.69, 9.17) is 0 Å². The molecule has 0 aliphatic rings. The third-order valence-corrected chi connectivity index (χ3v) is 2.45. The highest BCUT2D eigenvalue weighted by atomic mass is 19.1. The fraction of sp³-hybridized carbons (Fsp3) is 0.250. The zero-order valence-electron chi connectivity index (χ0n) is 8.87. The molecule has 0 radical (unpaired) electrons. The van der Waals surface area contributed by atoms with E-state index >= 15 is 0 Å². The maximum atomic E-state index is 12.7. The summed E-state index contributed by atoms with van der Waals surface area (Å²) in [6.07, 6.45) is 2.00. The Morgan fingerprint density at radius 1 is 1.20 bits per heavy atom. The smallest absolute Gasteiger partial charge is 0.123 e. The average molecular weight is 204 g/mol. The SMILES string of the molecule is Cc1cn(Cc2ccc(F)cc2)nc1C. The van der Waals surface area contributed by atoms with Gasteiger partial charge in [-0.25, -0.2) is 4.39 Å². The molecule has 0 N–H and O–H groups in total. The van der Waals surface area contributed by atoms with Gasteiger partial charge in [0.25, 0.3) is 0 Å². The van der Waals surface area contributed by atoms with Crippen molar-refractivity contribution < 1.29 is 4.39 Å². The van der Waals surface area contributed by atoms with Crippen LogP contribution in [0.25, 0.3) is 0 Å². The van der Waals surface area contributed by atoms with Crippen LogP contribution in [0.15, 0.2) is 30.5 Å². The molecule has 3 heteroatoms. The maximum absolute atomic E-state index is 12.7. The Bertz CT molecular complexity index is 437. The molecule has 2 nitrogen and oxygen atoms in total. The van der Waals surface area contributed by atoms with E-state index in [0.717, 1.165) is 11.3 Å². The zero-order valence-corrected chi connectivity index (χ0v) is 8.87. The van der Waals surface area contributed by atoms with Crippen molar-refractivity contribution in [1.82, 2.24) is 9.78 Å². The molecule has 0 aliphatic heterocycles. The normalized spacial score (nSPS) is 10.6. The number of halogens is 1. The predicted molar refractivity (Wildman–Crippen MR) is 57.2 cm³/mol. The Morgan fingerprint density at radius 2 is 1.87 bits per heavy atom. The first-order chi connectivity index (χ1) is 7.15. The van der Waals surface area contributed by atoms with E-state index in [2.05, 4.69) is 5.10 Å². The lowest BCUT2D eigenvalue weighted by atomic mass is 10.2. The van der Waals surface area contributed by atoms with E-state index in [0.29, 0.717) is 6.54 Å². The van der Waals surface area contributed by atoms with Crippen LogP contribution >= 0.6 is 0 Å². The largest absolute Gasteiger partial charge is 0.268 e. The number of aromatic nitrogens is 2. The van der Waals surface area contributed by atoms with Crippen molar-refractivity contribution in [3.05, 3.63) is 53.1 Å². The van der Waals surface area contributed by atoms with Gasteiger partial charge in [0.05, 0.1) is 12.2 Å². The van der Waals surface area contributed by atoms with Crippen LogP contribution in [-0.2, 0) is 6.54 Å². The van der Waals surface area contributed by atoms with Crippen LogP contribution in [0.4, 0.5) is 4.39 Å². The van der Waals surface area contributed by atoms with Gasteiger partial charge in [0.1, 0.15) is 5.82 Å². The van der Waals surface area contributed by atoms with E-state index < -0.39 is 0 Å². The molecule has 78 valence electrons. The van der Waals surface area contributed by atoms with Crippen molar-refractivity contribution in [3.63, 3.8) is 0 Å². The second kappa shape index (κ2) is 3.85. The summed E-state index contributed by atoms with van der Waals surface area (Å²) in [4.78, 5) is 0. The fourth-order valence-electron chi connectivity index (χ4n) is 1.48. The number of hydrogen-bond donors (Lipinski definition) is 0. The van der Waals surface area contributed by atoms with Crippen molar-refractivity contribution in [1.29, 1.82) is 0 Å². The van der Waals surface area contributed by atoms with E-state index in [1.165, 1.54) is 17.7 Å². The highest BCUT2D eigenvalue weighted by molar-refractivity contribution is 5.18. The summed E-state index contributed by atoms with van der Waals surface area (Å²) in [7, 11) is 0. The molecule has 0 spiro atoms. The van der Waals surface area contributed by atoms with Crippen LogP contribution in [0.2, 0.25) is 0 Å². The summed E-state index contributed by atoms with van der Waals surface area (Å²) in [5, 5.41) is 4.35. The molecule has 15 heavy (non-hydrogen) atoms. The van der Waals surface area contributed by atoms with Crippen molar-refractivity contribution in [2.75, 3.05) is 0 Å². The van der Waals surface area contributed by atoms with Gasteiger partial charge in [-0.15, -0.1) is 0 Å². The van der Waals surface area contributed by atoms with Gasteiger partial charge >= 0.3 is 0 Å². The van der Waals surface area contributed by atoms with E-state index in [9.17, 15) is 4.39 Å². The minimum absolute atomic E-state index is 0.202. The average Bonchev–Trinajstić information content (AvgIpc) is 2.50. The molecular formula is C12H13FN2. The first-order valence-electron chi connectivity index (χ1n) is 4.90. The molecule has 0 atom stereocenters. The van der Waals surface area contributed by atoms with E-state index in [-0.39, 0.29) is 5.82 Å². The molecule has 2 aromatic rings. The zero-order chi connectivity index (χ0) is 10.8. The minimum Gasteiger partial charge on any atom is -0.268 e. The van der Waals surface area contributed by atoms with Crippen LogP contribution in [0.1, 0.15) is 16.8 Å². The van der Waals surface area contributed by atoms with E-state index in [1.54, 1.807) is 12.1 Å². The third-order valence-electron chi connectivity index (χ3n) is 2.45. The Kier molecular flexibility index (Phi) is 2.54. The molecule has 0 amide bonds. The predicted octanol–water partition coefficient (Wildman–Crippen LogP) is 2.69. The van der Waals surface area contributed by atoms with Gasteiger partial charge in [0, 0.05) is 6.20 Å². The molecule has 2 rings (SSSR count). The lowest BCUT2D eigenvalue weighted by molar-refractivity contribution is 0.624. The van der Waals surface area contributed by atoms with Crippen molar-refractivity contribution in [2.24, 2.45) is 0 Å². The topological polar surface area (TPSA) is 17.8 Å². The van der Waals surface area contributed by atoms with Gasteiger partial charge in [-0.05, 0) is 37.1 Å². The van der Waals surface area contributed by atoms with E-state index in [1.807, 2.05) is 24.7 Å². The lowest BCUT2D eigenvalue weighted by Crippen LogP contribution is -2.00. The van der Waals surface area contributed by atoms with Gasteiger partial charge in [-0.2, -0.15) is 5.10 Å². The number of rotatable bonds is 2. The molecular weight excluding hydrogens is 191 g/mol. The highest BCUT2D eigenvalue weighted by Gasteiger charge is 2.00. The van der Waals surface area contributed by atoms with Crippen LogP contribution in [0, 0.1) is 19.7 Å². The Hall–Kier alpha value is -1.64. The lowest BCUT2D eigenvalue weighted by Gasteiger charge is -2.01. The Balaban J connectivity index is 2.18. The van der Waals surface area contributed by atoms with Gasteiger partial charge in [-0.1, -0.05) is 12.1 Å². The molecule has 0 bridgehead atoms. The summed E-state index contributed by atoms with van der Waals surface area (Å²) in [6, 6.07) is 6.50. The van der Waals surface area contributed by atoms with Gasteiger partial charge < -0.3 is 0 Å². The van der Waals surface area contributed by atoms with Crippen molar-refractivity contribution in [3.8, 4) is 0 Å². The molecule has 0 saturated heterocycles. The molecule has 0 aliphatic carbocycles. The van der Waals surface area contributed by atoms with Gasteiger partial charge in [-0.3, -0.25) is 4.68 Å². The van der Waals surface area contributed by atoms with Crippen molar-refractivity contribution >= 4 is 0 Å². The van der Waals surface area contributed by atoms with Crippen LogP contribution in [0.5, 0.6) is 0 Å². The summed E-state index contributed by atoms with van der Waals surface area (Å²) >= 11 is 0. The summed E-state index contributed by atoms with van der Waals surface area (Å²) in [5.41, 5.74) is 3.27. The number of benzene rings is 1. The Labute approximate surface area is 88.4 Å². The fourth-order valence-corrected chi connectivity index (χ4v) is 1.48. The standard InChI is InChI=1S/C12H13FN2/c1-9-7-15(14-10(9)2)8-11-3-5-12(13)6-4-11/h3-7H,8H2,1-2H3. The first kappa shape index (κ1) is 9.90. The van der Waals surface area contributed by atoms with Gasteiger partial charge in [0.2, 0.25) is 0 Å².